The molecule has 0 aromatic heterocycles. The van der Waals surface area contributed by atoms with Crippen molar-refractivity contribution in [1.82, 2.24) is 5.32 Å². The molecule has 2 fully saturated rings. The van der Waals surface area contributed by atoms with Crippen LogP contribution >= 0.6 is 0 Å². The SMILES string of the molecule is CNC1C(OC2C(C(=O)O)OC(OC)C(O)C2O)OC(CO)C(O)C1OC. The van der Waals surface area contributed by atoms with E-state index in [9.17, 15) is 30.3 Å². The van der Waals surface area contributed by atoms with Crippen molar-refractivity contribution in [3.05, 3.63) is 0 Å². The highest BCUT2D eigenvalue weighted by Gasteiger charge is 2.53. The molecule has 0 amide bonds. The van der Waals surface area contributed by atoms with Crippen molar-refractivity contribution >= 4 is 5.97 Å². The highest BCUT2D eigenvalue weighted by Crippen LogP contribution is 2.30. The second kappa shape index (κ2) is 9.52. The predicted molar refractivity (Wildman–Crippen MR) is 85.6 cm³/mol. The van der Waals surface area contributed by atoms with E-state index in [2.05, 4.69) is 5.32 Å². The molecule has 6 N–H and O–H groups in total. The Morgan fingerprint density at radius 1 is 1.00 bits per heavy atom. The highest BCUT2D eigenvalue weighted by molar-refractivity contribution is 5.73. The molecule has 0 saturated carbocycles. The van der Waals surface area contributed by atoms with E-state index in [1.165, 1.54) is 14.2 Å². The van der Waals surface area contributed by atoms with E-state index in [1.54, 1.807) is 7.05 Å². The van der Waals surface area contributed by atoms with Gasteiger partial charge in [-0.05, 0) is 7.05 Å². The van der Waals surface area contributed by atoms with Crippen LogP contribution in [0.15, 0.2) is 0 Å². The number of likely N-dealkylation sites (N-methyl/N-ethyl adjacent to an activating group) is 1. The molecule has 2 aliphatic rings. The topological polar surface area (TPSA) is 176 Å². The zero-order chi connectivity index (χ0) is 20.3. The van der Waals surface area contributed by atoms with E-state index in [4.69, 9.17) is 23.7 Å². The fraction of sp³-hybridized carbons (Fsp3) is 0.933. The maximum atomic E-state index is 11.5. The van der Waals surface area contributed by atoms with Gasteiger partial charge in [-0.3, -0.25) is 0 Å². The Morgan fingerprint density at radius 2 is 1.67 bits per heavy atom. The molecule has 2 aliphatic heterocycles. The summed E-state index contributed by atoms with van der Waals surface area (Å²) in [6.45, 7) is -0.544. The number of aliphatic carboxylic acids is 1. The van der Waals surface area contributed by atoms with E-state index < -0.39 is 73.9 Å². The first kappa shape index (κ1) is 22.4. The van der Waals surface area contributed by atoms with Crippen LogP contribution in [0.4, 0.5) is 0 Å². The van der Waals surface area contributed by atoms with E-state index in [1.807, 2.05) is 0 Å². The van der Waals surface area contributed by atoms with Gasteiger partial charge in [-0.1, -0.05) is 0 Å². The number of nitrogens with one attached hydrogen (secondary N) is 1. The number of hydrogen-bond acceptors (Lipinski definition) is 11. The van der Waals surface area contributed by atoms with E-state index >= 15 is 0 Å². The molecule has 0 spiro atoms. The van der Waals surface area contributed by atoms with Crippen LogP contribution in [0.2, 0.25) is 0 Å². The molecule has 0 aromatic carbocycles. The molecule has 12 nitrogen and oxygen atoms in total. The van der Waals surface area contributed by atoms with Gasteiger partial charge < -0.3 is 54.5 Å². The van der Waals surface area contributed by atoms with Crippen molar-refractivity contribution in [2.75, 3.05) is 27.9 Å². The number of methoxy groups -OCH3 is 2. The van der Waals surface area contributed by atoms with Crippen LogP contribution in [0.25, 0.3) is 0 Å². The van der Waals surface area contributed by atoms with Crippen molar-refractivity contribution in [3.8, 4) is 0 Å². The monoisotopic (exact) mass is 397 g/mol. The van der Waals surface area contributed by atoms with E-state index in [0.717, 1.165) is 0 Å². The number of carbonyl (C=O) groups is 1. The number of ether oxygens (including phenoxy) is 5. The minimum Gasteiger partial charge on any atom is -0.479 e. The van der Waals surface area contributed by atoms with Crippen molar-refractivity contribution in [1.29, 1.82) is 0 Å². The second-order valence-electron chi connectivity index (χ2n) is 6.31. The fourth-order valence-electron chi connectivity index (χ4n) is 3.31. The van der Waals surface area contributed by atoms with Crippen molar-refractivity contribution in [3.63, 3.8) is 0 Å². The van der Waals surface area contributed by atoms with Crippen molar-refractivity contribution in [2.24, 2.45) is 0 Å². The minimum absolute atomic E-state index is 0.544. The van der Waals surface area contributed by atoms with Crippen LogP contribution in [0, 0.1) is 0 Å². The summed E-state index contributed by atoms with van der Waals surface area (Å²) in [4.78, 5) is 11.5. The number of aliphatic hydroxyl groups excluding tert-OH is 4. The van der Waals surface area contributed by atoms with Crippen LogP contribution in [0.1, 0.15) is 0 Å². The number of aliphatic hydroxyl groups is 4. The Hall–Kier alpha value is -0.930. The molecule has 10 unspecified atom stereocenters. The Morgan fingerprint density at radius 3 is 2.15 bits per heavy atom. The predicted octanol–water partition coefficient (Wildman–Crippen LogP) is -3.77. The molecule has 2 rings (SSSR count). The van der Waals surface area contributed by atoms with Crippen molar-refractivity contribution < 1.29 is 54.0 Å². The molecule has 0 radical (unpaired) electrons. The first-order valence-corrected chi connectivity index (χ1v) is 8.37. The largest absolute Gasteiger partial charge is 0.479 e. The van der Waals surface area contributed by atoms with Gasteiger partial charge >= 0.3 is 5.97 Å². The average Bonchev–Trinajstić information content (AvgIpc) is 2.65. The second-order valence-corrected chi connectivity index (χ2v) is 6.31. The average molecular weight is 397 g/mol. The molecular formula is C15H27NO11. The molecule has 12 heteroatoms. The molecule has 27 heavy (non-hydrogen) atoms. The summed E-state index contributed by atoms with van der Waals surface area (Å²) in [6.07, 6.45) is -12.1. The van der Waals surface area contributed by atoms with Crippen LogP contribution in [-0.2, 0) is 28.5 Å². The zero-order valence-electron chi connectivity index (χ0n) is 15.2. The van der Waals surface area contributed by atoms with Crippen LogP contribution in [0.3, 0.4) is 0 Å². The molecular weight excluding hydrogens is 370 g/mol. The maximum absolute atomic E-state index is 11.5. The van der Waals surface area contributed by atoms with Gasteiger partial charge in [0, 0.05) is 14.2 Å². The number of carboxylic acid groups (broad SMARTS) is 1. The lowest BCUT2D eigenvalue weighted by atomic mass is 9.95. The fourth-order valence-corrected chi connectivity index (χ4v) is 3.31. The van der Waals surface area contributed by atoms with Gasteiger partial charge in [-0.2, -0.15) is 0 Å². The normalized spacial score (nSPS) is 45.6. The maximum Gasteiger partial charge on any atom is 0.335 e. The molecule has 0 aromatic rings. The summed E-state index contributed by atoms with van der Waals surface area (Å²) in [5.41, 5.74) is 0. The molecule has 10 atom stereocenters. The summed E-state index contributed by atoms with van der Waals surface area (Å²) in [5.74, 6) is -1.44. The summed E-state index contributed by atoms with van der Waals surface area (Å²) in [7, 11) is 4.08. The van der Waals surface area contributed by atoms with Gasteiger partial charge in [-0.25, -0.2) is 4.79 Å². The van der Waals surface area contributed by atoms with Crippen molar-refractivity contribution in [2.45, 2.75) is 61.3 Å². The molecule has 0 bridgehead atoms. The number of hydrogen-bond donors (Lipinski definition) is 6. The zero-order valence-corrected chi connectivity index (χ0v) is 15.2. The van der Waals surface area contributed by atoms with Gasteiger partial charge in [0.1, 0.15) is 36.6 Å². The molecule has 158 valence electrons. The summed E-state index contributed by atoms with van der Waals surface area (Å²) in [6, 6.07) is -0.772. The van der Waals surface area contributed by atoms with Crippen LogP contribution in [-0.4, -0.2) is 121 Å². The number of carboxylic acids is 1. The third-order valence-electron chi connectivity index (χ3n) is 4.77. The summed E-state index contributed by atoms with van der Waals surface area (Å²) < 4.78 is 26.4. The van der Waals surface area contributed by atoms with E-state index in [0.29, 0.717) is 0 Å². The third-order valence-corrected chi connectivity index (χ3v) is 4.77. The minimum atomic E-state index is -1.66. The number of rotatable bonds is 7. The summed E-state index contributed by atoms with van der Waals surface area (Å²) in [5, 5.41) is 52.3. The third kappa shape index (κ3) is 4.40. The molecule has 2 saturated heterocycles. The van der Waals surface area contributed by atoms with Gasteiger partial charge in [0.25, 0.3) is 0 Å². The lowest BCUT2D eigenvalue weighted by molar-refractivity contribution is -0.339. The Bertz CT molecular complexity index is 494. The van der Waals surface area contributed by atoms with Gasteiger partial charge in [-0.15, -0.1) is 0 Å². The Balaban J connectivity index is 2.25. The van der Waals surface area contributed by atoms with Crippen LogP contribution < -0.4 is 5.32 Å². The standard InChI is InChI=1S/C15H27NO11/c1-16-6-10(23-2)7(18)5(4-17)25-14(6)26-11-8(19)9(20)15(24-3)27-12(11)13(21)22/h5-12,14-20H,4H2,1-3H3,(H,21,22). The first-order valence-electron chi connectivity index (χ1n) is 8.37. The summed E-state index contributed by atoms with van der Waals surface area (Å²) >= 11 is 0. The lowest BCUT2D eigenvalue weighted by Crippen LogP contribution is -2.67. The quantitative estimate of drug-likeness (QED) is 0.248. The van der Waals surface area contributed by atoms with Gasteiger partial charge in [0.05, 0.1) is 12.6 Å². The highest BCUT2D eigenvalue weighted by atomic mass is 16.7. The Labute approximate surface area is 155 Å². The lowest BCUT2D eigenvalue weighted by Gasteiger charge is -2.47. The van der Waals surface area contributed by atoms with E-state index in [-0.39, 0.29) is 0 Å². The van der Waals surface area contributed by atoms with Crippen LogP contribution in [0.5, 0.6) is 0 Å². The Kier molecular flexibility index (Phi) is 7.88. The molecule has 0 aliphatic carbocycles. The van der Waals surface area contributed by atoms with Gasteiger partial charge in [0.15, 0.2) is 18.7 Å². The molecule has 2 heterocycles. The smallest absolute Gasteiger partial charge is 0.335 e. The van der Waals surface area contributed by atoms with Gasteiger partial charge in [0.2, 0.25) is 0 Å². The first-order chi connectivity index (χ1) is 12.8.